The van der Waals surface area contributed by atoms with Gasteiger partial charge in [0.05, 0.1) is 0 Å². The van der Waals surface area contributed by atoms with Gasteiger partial charge in [0.2, 0.25) is 5.91 Å². The molecule has 2 saturated carbocycles. The van der Waals surface area contributed by atoms with Crippen molar-refractivity contribution in [2.75, 3.05) is 13.1 Å². The van der Waals surface area contributed by atoms with Crippen molar-refractivity contribution in [3.05, 3.63) is 0 Å². The number of nitrogens with one attached hydrogen (secondary N) is 2. The predicted molar refractivity (Wildman–Crippen MR) is 67.7 cm³/mol. The highest BCUT2D eigenvalue weighted by atomic mass is 16.2. The van der Waals surface area contributed by atoms with Crippen LogP contribution in [-0.2, 0) is 4.79 Å². The average Bonchev–Trinajstić information content (AvgIpc) is 3.03. The largest absolute Gasteiger partial charge is 0.353 e. The van der Waals surface area contributed by atoms with Crippen LogP contribution in [0.3, 0.4) is 0 Å². The smallest absolute Gasteiger partial charge is 0.223 e. The Morgan fingerprint density at radius 2 is 1.82 bits per heavy atom. The molecule has 17 heavy (non-hydrogen) atoms. The van der Waals surface area contributed by atoms with Gasteiger partial charge in [0.15, 0.2) is 0 Å². The summed E-state index contributed by atoms with van der Waals surface area (Å²) in [5, 5.41) is 6.63. The first kappa shape index (κ1) is 11.5. The third-order valence-electron chi connectivity index (χ3n) is 5.07. The van der Waals surface area contributed by atoms with Crippen LogP contribution in [0.25, 0.3) is 0 Å². The molecule has 3 nitrogen and oxygen atoms in total. The monoisotopic (exact) mass is 236 g/mol. The lowest BCUT2D eigenvalue weighted by atomic mass is 9.85. The van der Waals surface area contributed by atoms with Crippen molar-refractivity contribution in [1.29, 1.82) is 0 Å². The van der Waals surface area contributed by atoms with Gasteiger partial charge in [-0.25, -0.2) is 0 Å². The zero-order chi connectivity index (χ0) is 11.7. The Hall–Kier alpha value is -0.570. The van der Waals surface area contributed by atoms with Gasteiger partial charge in [0, 0.05) is 12.0 Å². The molecule has 3 fully saturated rings. The topological polar surface area (TPSA) is 41.1 Å². The predicted octanol–water partition coefficient (Wildman–Crippen LogP) is 1.82. The average molecular weight is 236 g/mol. The van der Waals surface area contributed by atoms with Gasteiger partial charge >= 0.3 is 0 Å². The number of piperidine rings is 1. The molecule has 0 aromatic carbocycles. The SMILES string of the molecule is O=C(NC1CC12CCCCC2)C1CCNCC1. The first-order valence-corrected chi connectivity index (χ1v) is 7.31. The molecule has 1 unspecified atom stereocenters. The van der Waals surface area contributed by atoms with Crippen LogP contribution >= 0.6 is 0 Å². The Kier molecular flexibility index (Phi) is 3.12. The van der Waals surface area contributed by atoms with Gasteiger partial charge in [-0.2, -0.15) is 0 Å². The first-order chi connectivity index (χ1) is 8.30. The van der Waals surface area contributed by atoms with Gasteiger partial charge in [-0.1, -0.05) is 19.3 Å². The van der Waals surface area contributed by atoms with Crippen molar-refractivity contribution >= 4 is 5.91 Å². The van der Waals surface area contributed by atoms with Gasteiger partial charge < -0.3 is 10.6 Å². The minimum Gasteiger partial charge on any atom is -0.353 e. The Morgan fingerprint density at radius 3 is 2.53 bits per heavy atom. The van der Waals surface area contributed by atoms with Gasteiger partial charge in [-0.15, -0.1) is 0 Å². The lowest BCUT2D eigenvalue weighted by molar-refractivity contribution is -0.126. The van der Waals surface area contributed by atoms with Gasteiger partial charge in [-0.05, 0) is 50.6 Å². The highest BCUT2D eigenvalue weighted by Crippen LogP contribution is 2.56. The van der Waals surface area contributed by atoms with Gasteiger partial charge in [0.1, 0.15) is 0 Å². The van der Waals surface area contributed by atoms with Crippen molar-refractivity contribution in [1.82, 2.24) is 10.6 Å². The molecule has 1 spiro atoms. The van der Waals surface area contributed by atoms with E-state index in [4.69, 9.17) is 0 Å². The van der Waals surface area contributed by atoms with Crippen molar-refractivity contribution < 1.29 is 4.79 Å². The van der Waals surface area contributed by atoms with Gasteiger partial charge in [0.25, 0.3) is 0 Å². The van der Waals surface area contributed by atoms with Crippen LogP contribution in [-0.4, -0.2) is 25.0 Å². The number of hydrogen-bond donors (Lipinski definition) is 2. The minimum absolute atomic E-state index is 0.275. The van der Waals surface area contributed by atoms with E-state index in [1.807, 2.05) is 0 Å². The maximum Gasteiger partial charge on any atom is 0.223 e. The Balaban J connectivity index is 1.49. The first-order valence-electron chi connectivity index (χ1n) is 7.31. The summed E-state index contributed by atoms with van der Waals surface area (Å²) in [4.78, 5) is 12.1. The molecule has 0 aromatic heterocycles. The third kappa shape index (κ3) is 2.35. The summed E-state index contributed by atoms with van der Waals surface area (Å²) in [5.74, 6) is 0.608. The Morgan fingerprint density at radius 1 is 1.12 bits per heavy atom. The molecule has 2 aliphatic carbocycles. The molecule has 3 rings (SSSR count). The number of rotatable bonds is 2. The second kappa shape index (κ2) is 4.60. The van der Waals surface area contributed by atoms with Crippen molar-refractivity contribution in [3.8, 4) is 0 Å². The summed E-state index contributed by atoms with van der Waals surface area (Å²) in [6, 6.07) is 0.519. The minimum atomic E-state index is 0.275. The normalized spacial score (nSPS) is 32.4. The Bertz CT molecular complexity index is 291. The van der Waals surface area contributed by atoms with E-state index in [0.29, 0.717) is 17.4 Å². The summed E-state index contributed by atoms with van der Waals surface area (Å²) in [7, 11) is 0. The lowest BCUT2D eigenvalue weighted by Crippen LogP contribution is -2.40. The van der Waals surface area contributed by atoms with E-state index in [1.165, 1.54) is 38.5 Å². The van der Waals surface area contributed by atoms with Gasteiger partial charge in [-0.3, -0.25) is 4.79 Å². The zero-order valence-electron chi connectivity index (χ0n) is 10.6. The highest BCUT2D eigenvalue weighted by Gasteiger charge is 2.54. The molecule has 1 atom stereocenters. The summed E-state index contributed by atoms with van der Waals surface area (Å²) in [5.41, 5.74) is 0.529. The van der Waals surface area contributed by atoms with Crippen LogP contribution in [0.1, 0.15) is 51.4 Å². The van der Waals surface area contributed by atoms with Crippen molar-refractivity contribution in [2.45, 2.75) is 57.4 Å². The molecule has 2 N–H and O–H groups in total. The molecule has 0 aromatic rings. The number of amides is 1. The Labute approximate surface area is 104 Å². The number of carbonyl (C=O) groups is 1. The van der Waals surface area contributed by atoms with E-state index in [-0.39, 0.29) is 5.92 Å². The molecular formula is C14H24N2O. The number of carbonyl (C=O) groups excluding carboxylic acids is 1. The molecule has 1 heterocycles. The zero-order valence-corrected chi connectivity index (χ0v) is 10.6. The van der Waals surface area contributed by atoms with Crippen LogP contribution in [0.4, 0.5) is 0 Å². The maximum absolute atomic E-state index is 12.1. The maximum atomic E-state index is 12.1. The summed E-state index contributed by atoms with van der Waals surface area (Å²) >= 11 is 0. The molecule has 1 aliphatic heterocycles. The standard InChI is InChI=1S/C14H24N2O/c17-13(11-4-8-15-9-5-11)16-12-10-14(12)6-2-1-3-7-14/h11-12,15H,1-10H2,(H,16,17). The van der Waals surface area contributed by atoms with Crippen molar-refractivity contribution in [2.24, 2.45) is 11.3 Å². The van der Waals surface area contributed by atoms with Crippen LogP contribution in [0.15, 0.2) is 0 Å². The molecule has 3 heteroatoms. The van der Waals surface area contributed by atoms with Crippen molar-refractivity contribution in [3.63, 3.8) is 0 Å². The van der Waals surface area contributed by atoms with E-state index in [1.54, 1.807) is 0 Å². The molecule has 96 valence electrons. The lowest BCUT2D eigenvalue weighted by Gasteiger charge is -2.25. The second-order valence-electron chi connectivity index (χ2n) is 6.21. The fraction of sp³-hybridized carbons (Fsp3) is 0.929. The third-order valence-corrected chi connectivity index (χ3v) is 5.07. The summed E-state index contributed by atoms with van der Waals surface area (Å²) < 4.78 is 0. The molecule has 0 bridgehead atoms. The van der Waals surface area contributed by atoms with Crippen LogP contribution in [0, 0.1) is 11.3 Å². The molecular weight excluding hydrogens is 212 g/mol. The van der Waals surface area contributed by atoms with E-state index >= 15 is 0 Å². The van der Waals surface area contributed by atoms with E-state index in [9.17, 15) is 4.79 Å². The van der Waals surface area contributed by atoms with E-state index in [2.05, 4.69) is 10.6 Å². The van der Waals surface area contributed by atoms with Crippen LogP contribution in [0.5, 0.6) is 0 Å². The summed E-state index contributed by atoms with van der Waals surface area (Å²) in [6.45, 7) is 2.02. The molecule has 3 aliphatic rings. The van der Waals surface area contributed by atoms with Crippen LogP contribution < -0.4 is 10.6 Å². The number of hydrogen-bond acceptors (Lipinski definition) is 2. The van der Waals surface area contributed by atoms with E-state index in [0.717, 1.165) is 25.9 Å². The van der Waals surface area contributed by atoms with E-state index < -0.39 is 0 Å². The second-order valence-corrected chi connectivity index (χ2v) is 6.21. The molecule has 0 radical (unpaired) electrons. The molecule has 1 saturated heterocycles. The fourth-order valence-corrected chi connectivity index (χ4v) is 3.73. The quantitative estimate of drug-likeness (QED) is 0.768. The fourth-order valence-electron chi connectivity index (χ4n) is 3.73. The summed E-state index contributed by atoms with van der Waals surface area (Å²) in [6.07, 6.45) is 10.1. The van der Waals surface area contributed by atoms with Crippen LogP contribution in [0.2, 0.25) is 0 Å². The molecule has 1 amide bonds. The highest BCUT2D eigenvalue weighted by molar-refractivity contribution is 5.79.